The first-order chi connectivity index (χ1) is 16.8. The van der Waals surface area contributed by atoms with Crippen LogP contribution in [-0.4, -0.2) is 48.6 Å². The predicted octanol–water partition coefficient (Wildman–Crippen LogP) is 3.47. The van der Waals surface area contributed by atoms with Gasteiger partial charge in [-0.15, -0.1) is 0 Å². The molecule has 0 aliphatic heterocycles. The molecule has 0 heterocycles. The van der Waals surface area contributed by atoms with E-state index in [9.17, 15) is 32.1 Å². The van der Waals surface area contributed by atoms with E-state index >= 15 is 0 Å². The van der Waals surface area contributed by atoms with Gasteiger partial charge < -0.3 is 9.29 Å². The molecule has 0 bridgehead atoms. The van der Waals surface area contributed by atoms with Crippen molar-refractivity contribution in [3.63, 3.8) is 0 Å². The minimum absolute atomic E-state index is 0.0140. The molecule has 4 aliphatic rings. The van der Waals surface area contributed by atoms with Gasteiger partial charge in [0.1, 0.15) is 17.3 Å². The number of ether oxygens (including phenoxy) is 1. The zero-order chi connectivity index (χ0) is 26.5. The third kappa shape index (κ3) is 4.94. The standard InChI is InChI=1S/C27H40O8S/c1-16(5-8-24(31)35-11-4-12-36(32,33)34)19-6-7-20-25-21(15-23(30)27(19,20)3)26(2)10-9-18(28)13-17(26)14-22(25)29/h16-17,19-21,25H,4-15H2,1-3H3,(H,32,33,34)/p-1/t16-,17?,19-,20+,21+,25+,26+,27?/m1/s1. The Labute approximate surface area is 214 Å². The Hall–Kier alpha value is -1.61. The van der Waals surface area contributed by atoms with E-state index in [0.29, 0.717) is 32.1 Å². The summed E-state index contributed by atoms with van der Waals surface area (Å²) in [6, 6.07) is 0. The Morgan fingerprint density at radius 2 is 1.83 bits per heavy atom. The normalized spacial score (nSPS) is 39.2. The lowest BCUT2D eigenvalue weighted by Gasteiger charge is -2.58. The number of carbonyl (C=O) groups excluding carboxylic acids is 4. The van der Waals surface area contributed by atoms with Gasteiger partial charge >= 0.3 is 5.97 Å². The van der Waals surface area contributed by atoms with Crippen molar-refractivity contribution in [3.05, 3.63) is 0 Å². The molecule has 0 amide bonds. The Bertz CT molecular complexity index is 1030. The summed E-state index contributed by atoms with van der Waals surface area (Å²) in [5.74, 6) is -0.157. The van der Waals surface area contributed by atoms with Crippen molar-refractivity contribution >= 4 is 33.4 Å². The summed E-state index contributed by atoms with van der Waals surface area (Å²) >= 11 is 0. The van der Waals surface area contributed by atoms with Gasteiger partial charge in [0.2, 0.25) is 0 Å². The molecule has 4 fully saturated rings. The summed E-state index contributed by atoms with van der Waals surface area (Å²) in [5.41, 5.74) is -0.724. The molecular weight excluding hydrogens is 484 g/mol. The lowest BCUT2D eigenvalue weighted by Crippen LogP contribution is -2.60. The summed E-state index contributed by atoms with van der Waals surface area (Å²) in [7, 11) is -4.32. The monoisotopic (exact) mass is 523 g/mol. The second kappa shape index (κ2) is 9.93. The Kier molecular flexibility index (Phi) is 7.57. The maximum absolute atomic E-state index is 13.8. The molecule has 202 valence electrons. The fourth-order valence-electron chi connectivity index (χ4n) is 8.43. The summed E-state index contributed by atoms with van der Waals surface area (Å²) < 4.78 is 37.1. The summed E-state index contributed by atoms with van der Waals surface area (Å²) in [6.07, 6.45) is 4.99. The van der Waals surface area contributed by atoms with Gasteiger partial charge in [-0.2, -0.15) is 0 Å². The van der Waals surface area contributed by atoms with Gasteiger partial charge in [0.25, 0.3) is 0 Å². The number of hydrogen-bond acceptors (Lipinski definition) is 8. The molecule has 2 unspecified atom stereocenters. The van der Waals surface area contributed by atoms with Crippen LogP contribution >= 0.6 is 0 Å². The first-order valence-electron chi connectivity index (χ1n) is 13.4. The molecule has 0 radical (unpaired) electrons. The molecule has 4 rings (SSSR count). The molecule has 4 saturated carbocycles. The smallest absolute Gasteiger partial charge is 0.305 e. The maximum atomic E-state index is 13.8. The number of rotatable bonds is 8. The minimum Gasteiger partial charge on any atom is -0.748 e. The van der Waals surface area contributed by atoms with E-state index in [2.05, 4.69) is 13.8 Å². The van der Waals surface area contributed by atoms with E-state index in [1.807, 2.05) is 6.92 Å². The van der Waals surface area contributed by atoms with E-state index in [1.54, 1.807) is 0 Å². The fourth-order valence-corrected chi connectivity index (χ4v) is 8.90. The third-order valence-electron chi connectivity index (χ3n) is 10.5. The van der Waals surface area contributed by atoms with Crippen LogP contribution in [0.15, 0.2) is 0 Å². The van der Waals surface area contributed by atoms with Crippen LogP contribution in [0.25, 0.3) is 0 Å². The maximum Gasteiger partial charge on any atom is 0.305 e. The highest BCUT2D eigenvalue weighted by atomic mass is 32.2. The van der Waals surface area contributed by atoms with E-state index in [4.69, 9.17) is 4.74 Å². The molecule has 8 nitrogen and oxygen atoms in total. The second-order valence-electron chi connectivity index (χ2n) is 12.3. The van der Waals surface area contributed by atoms with Crippen LogP contribution < -0.4 is 0 Å². The van der Waals surface area contributed by atoms with E-state index in [-0.39, 0.29) is 77.7 Å². The minimum atomic E-state index is -4.32. The third-order valence-corrected chi connectivity index (χ3v) is 11.3. The van der Waals surface area contributed by atoms with Crippen molar-refractivity contribution < 1.29 is 36.9 Å². The molecular formula is C27H39O8S-. The largest absolute Gasteiger partial charge is 0.748 e. The van der Waals surface area contributed by atoms with E-state index in [1.165, 1.54) is 0 Å². The topological polar surface area (TPSA) is 135 Å². The number of fused-ring (bicyclic) bond motifs is 5. The number of esters is 1. The highest BCUT2D eigenvalue weighted by molar-refractivity contribution is 7.85. The quantitative estimate of drug-likeness (QED) is 0.268. The van der Waals surface area contributed by atoms with Gasteiger partial charge in [-0.05, 0) is 67.1 Å². The number of Topliss-reactive ketones (excluding diaryl/α,β-unsaturated/α-hetero) is 3. The Balaban J connectivity index is 1.41. The average molecular weight is 524 g/mol. The molecule has 8 atom stereocenters. The number of hydrogen-bond donors (Lipinski definition) is 0. The molecule has 0 aromatic rings. The molecule has 0 N–H and O–H groups in total. The number of carbonyl (C=O) groups is 4. The summed E-state index contributed by atoms with van der Waals surface area (Å²) in [4.78, 5) is 51.5. The van der Waals surface area contributed by atoms with Crippen LogP contribution in [0.5, 0.6) is 0 Å². The van der Waals surface area contributed by atoms with Gasteiger partial charge in [-0.1, -0.05) is 20.8 Å². The van der Waals surface area contributed by atoms with Gasteiger partial charge in [0.05, 0.1) is 16.7 Å². The molecule has 0 aromatic heterocycles. The first kappa shape index (κ1) is 27.4. The summed E-state index contributed by atoms with van der Waals surface area (Å²) in [6.45, 7) is 6.20. The van der Waals surface area contributed by atoms with Crippen molar-refractivity contribution in [1.29, 1.82) is 0 Å². The summed E-state index contributed by atoms with van der Waals surface area (Å²) in [5, 5.41) is 0. The van der Waals surface area contributed by atoms with Crippen molar-refractivity contribution in [2.45, 2.75) is 85.0 Å². The lowest BCUT2D eigenvalue weighted by molar-refractivity contribution is -0.166. The van der Waals surface area contributed by atoms with Gasteiger partial charge in [0, 0.05) is 49.2 Å². The highest BCUT2D eigenvalue weighted by Gasteiger charge is 2.66. The second-order valence-corrected chi connectivity index (χ2v) is 13.8. The zero-order valence-corrected chi connectivity index (χ0v) is 22.4. The fraction of sp³-hybridized carbons (Fsp3) is 0.852. The average Bonchev–Trinajstić information content (AvgIpc) is 3.15. The van der Waals surface area contributed by atoms with E-state index in [0.717, 1.165) is 19.3 Å². The van der Waals surface area contributed by atoms with Crippen LogP contribution in [0.3, 0.4) is 0 Å². The molecule has 36 heavy (non-hydrogen) atoms. The van der Waals surface area contributed by atoms with Crippen LogP contribution in [0.2, 0.25) is 0 Å². The van der Waals surface area contributed by atoms with Crippen molar-refractivity contribution in [2.24, 2.45) is 46.3 Å². The van der Waals surface area contributed by atoms with Crippen LogP contribution in [-0.2, 0) is 34.0 Å². The lowest BCUT2D eigenvalue weighted by atomic mass is 9.44. The van der Waals surface area contributed by atoms with E-state index < -0.39 is 27.3 Å². The van der Waals surface area contributed by atoms with Crippen LogP contribution in [0.4, 0.5) is 0 Å². The predicted molar refractivity (Wildman–Crippen MR) is 130 cm³/mol. The molecule has 4 aliphatic carbocycles. The van der Waals surface area contributed by atoms with Crippen molar-refractivity contribution in [2.75, 3.05) is 12.4 Å². The van der Waals surface area contributed by atoms with Crippen LogP contribution in [0.1, 0.15) is 85.0 Å². The van der Waals surface area contributed by atoms with Gasteiger partial charge in [-0.3, -0.25) is 19.2 Å². The van der Waals surface area contributed by atoms with Crippen LogP contribution in [0, 0.1) is 46.3 Å². The molecule has 9 heteroatoms. The SMILES string of the molecule is C[C@H](CCC(=O)OCCCS(=O)(=O)[O-])[C@H]1CC[C@H]2[C@@H]3C(=O)CC4CC(=O)CC[C@]4(C)[C@H]3CC(=O)C12C. The first-order valence-corrected chi connectivity index (χ1v) is 15.0. The molecule has 0 aromatic carbocycles. The Morgan fingerprint density at radius 3 is 2.53 bits per heavy atom. The van der Waals surface area contributed by atoms with Crippen molar-refractivity contribution in [1.82, 2.24) is 0 Å². The Morgan fingerprint density at radius 1 is 1.11 bits per heavy atom. The molecule has 0 saturated heterocycles. The molecule has 0 spiro atoms. The van der Waals surface area contributed by atoms with Gasteiger partial charge in [-0.25, -0.2) is 8.42 Å². The number of ketones is 3. The van der Waals surface area contributed by atoms with Gasteiger partial charge in [0.15, 0.2) is 0 Å². The zero-order valence-electron chi connectivity index (χ0n) is 21.6. The van der Waals surface area contributed by atoms with Crippen molar-refractivity contribution in [3.8, 4) is 0 Å². The highest BCUT2D eigenvalue weighted by Crippen LogP contribution is 2.66.